The Labute approximate surface area is 156 Å². The molecule has 1 aliphatic carbocycles. The van der Waals surface area contributed by atoms with Crippen molar-refractivity contribution in [3.8, 4) is 0 Å². The summed E-state index contributed by atoms with van der Waals surface area (Å²) in [5.41, 5.74) is 2.38. The number of anilines is 1. The fourth-order valence-electron chi connectivity index (χ4n) is 5.21. The van der Waals surface area contributed by atoms with Crippen molar-refractivity contribution in [3.05, 3.63) is 29.3 Å². The molecule has 1 saturated carbocycles. The lowest BCUT2D eigenvalue weighted by molar-refractivity contribution is 0.0521. The number of piperidine rings is 1. The van der Waals surface area contributed by atoms with Crippen LogP contribution in [0.15, 0.2) is 18.2 Å². The molecule has 2 fully saturated rings. The van der Waals surface area contributed by atoms with Crippen molar-refractivity contribution in [2.75, 3.05) is 23.7 Å². The molecule has 0 radical (unpaired) electrons. The highest BCUT2D eigenvalue weighted by Crippen LogP contribution is 2.38. The molecule has 142 valence electrons. The maximum atomic E-state index is 13.0. The van der Waals surface area contributed by atoms with Gasteiger partial charge in [-0.05, 0) is 61.8 Å². The first-order chi connectivity index (χ1) is 12.3. The van der Waals surface area contributed by atoms with Crippen LogP contribution in [0.2, 0.25) is 0 Å². The molecular formula is C20H28N2O3S. The lowest BCUT2D eigenvalue weighted by Gasteiger charge is -2.41. The van der Waals surface area contributed by atoms with Crippen LogP contribution in [0.4, 0.5) is 5.69 Å². The molecule has 2 heterocycles. The fraction of sp³-hybridized carbons (Fsp3) is 0.650. The minimum absolute atomic E-state index is 0.0941. The van der Waals surface area contributed by atoms with Gasteiger partial charge < -0.3 is 4.90 Å². The molecule has 0 spiro atoms. The zero-order chi connectivity index (χ0) is 18.5. The number of nitrogens with zero attached hydrogens (tertiary/aromatic N) is 2. The molecule has 1 aromatic carbocycles. The summed E-state index contributed by atoms with van der Waals surface area (Å²) >= 11 is 0. The molecule has 0 aromatic heterocycles. The second kappa shape index (κ2) is 6.55. The van der Waals surface area contributed by atoms with Crippen LogP contribution in [0.3, 0.4) is 0 Å². The highest BCUT2D eigenvalue weighted by atomic mass is 32.2. The number of carbonyl (C=O) groups is 1. The SMILES string of the molecule is C[C@H]1Cc2cc(C(=O)N3CC[C@@H]4CCCC[C@@H]4C3)ccc2N1S(C)(=O)=O. The van der Waals surface area contributed by atoms with Crippen LogP contribution in [0.25, 0.3) is 0 Å². The number of hydrogen-bond donors (Lipinski definition) is 0. The van der Waals surface area contributed by atoms with E-state index >= 15 is 0 Å². The minimum atomic E-state index is -3.29. The highest BCUT2D eigenvalue weighted by Gasteiger charge is 2.35. The number of sulfonamides is 1. The minimum Gasteiger partial charge on any atom is -0.338 e. The first-order valence-electron chi connectivity index (χ1n) is 9.76. The molecule has 1 amide bonds. The van der Waals surface area contributed by atoms with Crippen LogP contribution in [0.5, 0.6) is 0 Å². The smallest absolute Gasteiger partial charge is 0.253 e. The van der Waals surface area contributed by atoms with E-state index in [-0.39, 0.29) is 11.9 Å². The number of carbonyl (C=O) groups excluding carboxylic acids is 1. The third-order valence-corrected chi connectivity index (χ3v) is 7.69. The second-order valence-corrected chi connectivity index (χ2v) is 10.2. The fourth-order valence-corrected chi connectivity index (χ4v) is 6.47. The number of amides is 1. The van der Waals surface area contributed by atoms with E-state index in [2.05, 4.69) is 0 Å². The monoisotopic (exact) mass is 376 g/mol. The van der Waals surface area contributed by atoms with Crippen molar-refractivity contribution in [1.82, 2.24) is 4.90 Å². The molecule has 26 heavy (non-hydrogen) atoms. The lowest BCUT2D eigenvalue weighted by atomic mass is 9.75. The average Bonchev–Trinajstić information content (AvgIpc) is 2.95. The third kappa shape index (κ3) is 3.13. The van der Waals surface area contributed by atoms with Gasteiger partial charge in [0.15, 0.2) is 0 Å². The second-order valence-electron chi connectivity index (χ2n) is 8.30. The predicted octanol–water partition coefficient (Wildman–Crippen LogP) is 3.05. The molecule has 0 unspecified atom stereocenters. The molecule has 3 aliphatic rings. The van der Waals surface area contributed by atoms with Crippen LogP contribution in [-0.2, 0) is 16.4 Å². The van der Waals surface area contributed by atoms with Gasteiger partial charge in [-0.2, -0.15) is 0 Å². The number of likely N-dealkylation sites (tertiary alicyclic amines) is 1. The Morgan fingerprint density at radius 3 is 2.58 bits per heavy atom. The Hall–Kier alpha value is -1.56. The largest absolute Gasteiger partial charge is 0.338 e. The third-order valence-electron chi connectivity index (χ3n) is 6.42. The summed E-state index contributed by atoms with van der Waals surface area (Å²) in [5.74, 6) is 1.57. The van der Waals surface area contributed by atoms with Crippen LogP contribution in [0, 0.1) is 11.8 Å². The van der Waals surface area contributed by atoms with E-state index in [0.717, 1.165) is 36.7 Å². The molecule has 6 heteroatoms. The van der Waals surface area contributed by atoms with Gasteiger partial charge in [0.25, 0.3) is 5.91 Å². The van der Waals surface area contributed by atoms with Crippen molar-refractivity contribution in [2.45, 2.75) is 51.5 Å². The zero-order valence-electron chi connectivity index (χ0n) is 15.6. The Kier molecular flexibility index (Phi) is 4.49. The van der Waals surface area contributed by atoms with Gasteiger partial charge in [0.2, 0.25) is 10.0 Å². The Morgan fingerprint density at radius 2 is 1.85 bits per heavy atom. The van der Waals surface area contributed by atoms with E-state index in [1.165, 1.54) is 36.2 Å². The van der Waals surface area contributed by atoms with Gasteiger partial charge in [0.05, 0.1) is 11.9 Å². The summed E-state index contributed by atoms with van der Waals surface area (Å²) in [4.78, 5) is 15.0. The molecule has 3 atom stereocenters. The molecule has 4 rings (SSSR count). The quantitative estimate of drug-likeness (QED) is 0.797. The maximum Gasteiger partial charge on any atom is 0.253 e. The van der Waals surface area contributed by atoms with Gasteiger partial charge in [-0.15, -0.1) is 0 Å². The van der Waals surface area contributed by atoms with Crippen LogP contribution in [0.1, 0.15) is 54.9 Å². The summed E-state index contributed by atoms with van der Waals surface area (Å²) in [7, 11) is -3.29. The van der Waals surface area contributed by atoms with Gasteiger partial charge in [0.1, 0.15) is 0 Å². The molecule has 2 aliphatic heterocycles. The van der Waals surface area contributed by atoms with E-state index in [1.807, 2.05) is 17.9 Å². The van der Waals surface area contributed by atoms with Gasteiger partial charge in [-0.1, -0.05) is 19.3 Å². The first kappa shape index (κ1) is 17.8. The van der Waals surface area contributed by atoms with E-state index in [9.17, 15) is 13.2 Å². The van der Waals surface area contributed by atoms with E-state index in [0.29, 0.717) is 17.9 Å². The van der Waals surface area contributed by atoms with Gasteiger partial charge >= 0.3 is 0 Å². The van der Waals surface area contributed by atoms with E-state index in [1.54, 1.807) is 12.1 Å². The van der Waals surface area contributed by atoms with Crippen molar-refractivity contribution >= 4 is 21.6 Å². The van der Waals surface area contributed by atoms with Gasteiger partial charge in [-0.3, -0.25) is 9.10 Å². The highest BCUT2D eigenvalue weighted by molar-refractivity contribution is 7.92. The number of rotatable bonds is 2. The van der Waals surface area contributed by atoms with Crippen LogP contribution in [-0.4, -0.2) is 44.6 Å². The maximum absolute atomic E-state index is 13.0. The summed E-state index contributed by atoms with van der Waals surface area (Å²) in [6.45, 7) is 3.64. The van der Waals surface area contributed by atoms with E-state index in [4.69, 9.17) is 0 Å². The Balaban J connectivity index is 1.54. The number of benzene rings is 1. The lowest BCUT2D eigenvalue weighted by Crippen LogP contribution is -2.44. The molecular weight excluding hydrogens is 348 g/mol. The summed E-state index contributed by atoms with van der Waals surface area (Å²) < 4.78 is 25.6. The normalized spacial score (nSPS) is 28.6. The summed E-state index contributed by atoms with van der Waals surface area (Å²) in [5, 5.41) is 0. The number of hydrogen-bond acceptors (Lipinski definition) is 3. The predicted molar refractivity (Wildman–Crippen MR) is 103 cm³/mol. The molecule has 0 bridgehead atoms. The Bertz CT molecular complexity index is 820. The van der Waals surface area contributed by atoms with Crippen molar-refractivity contribution in [2.24, 2.45) is 11.8 Å². The van der Waals surface area contributed by atoms with Gasteiger partial charge in [0, 0.05) is 24.7 Å². The first-order valence-corrected chi connectivity index (χ1v) is 11.6. The zero-order valence-corrected chi connectivity index (χ0v) is 16.5. The van der Waals surface area contributed by atoms with E-state index < -0.39 is 10.0 Å². The topological polar surface area (TPSA) is 57.7 Å². The Morgan fingerprint density at radius 1 is 1.12 bits per heavy atom. The van der Waals surface area contributed by atoms with Crippen molar-refractivity contribution < 1.29 is 13.2 Å². The van der Waals surface area contributed by atoms with Crippen LogP contribution < -0.4 is 4.31 Å². The standard InChI is InChI=1S/C20H28N2O3S/c1-14-11-18-12-16(7-8-19(18)22(14)26(2,24)25)20(23)21-10-9-15-5-3-4-6-17(15)13-21/h7-8,12,14-15,17H,3-6,9-11,13H2,1-2H3/t14-,15-,17+/m0/s1. The number of fused-ring (bicyclic) bond motifs is 2. The molecule has 0 N–H and O–H groups in total. The van der Waals surface area contributed by atoms with Crippen molar-refractivity contribution in [3.63, 3.8) is 0 Å². The van der Waals surface area contributed by atoms with Crippen molar-refractivity contribution in [1.29, 1.82) is 0 Å². The van der Waals surface area contributed by atoms with Gasteiger partial charge in [-0.25, -0.2) is 8.42 Å². The summed E-state index contributed by atoms with van der Waals surface area (Å²) in [6.07, 6.45) is 8.24. The molecule has 1 saturated heterocycles. The summed E-state index contributed by atoms with van der Waals surface area (Å²) in [6, 6.07) is 5.42. The molecule has 1 aromatic rings. The van der Waals surface area contributed by atoms with Crippen LogP contribution >= 0.6 is 0 Å². The average molecular weight is 377 g/mol. The molecule has 5 nitrogen and oxygen atoms in total.